The van der Waals surface area contributed by atoms with Crippen LogP contribution < -0.4 is 10.1 Å². The van der Waals surface area contributed by atoms with Gasteiger partial charge in [0.15, 0.2) is 6.61 Å². The Morgan fingerprint density at radius 3 is 2.38 bits per heavy atom. The molecule has 2 aromatic carbocycles. The fourth-order valence-electron chi connectivity index (χ4n) is 2.57. The van der Waals surface area contributed by atoms with Crippen LogP contribution >= 0.6 is 23.2 Å². The SMILES string of the molecule is CCN(CC)C(=O)COc1ccc(NC(=O)COCc2ccccc2Cl)cc1Cl. The standard InChI is InChI=1S/C21H24Cl2N2O4/c1-3-25(4-2)21(27)14-29-19-10-9-16(11-18(19)23)24-20(26)13-28-12-15-7-5-6-8-17(15)22/h5-11H,3-4,12-14H2,1-2H3,(H,24,26). The summed E-state index contributed by atoms with van der Waals surface area (Å²) in [7, 11) is 0. The van der Waals surface area contributed by atoms with Crippen LogP contribution in [0.2, 0.25) is 10.0 Å². The number of anilines is 1. The van der Waals surface area contributed by atoms with Crippen molar-refractivity contribution < 1.29 is 19.1 Å². The predicted molar refractivity (Wildman–Crippen MR) is 115 cm³/mol. The molecule has 0 aromatic heterocycles. The lowest BCUT2D eigenvalue weighted by molar-refractivity contribution is -0.133. The van der Waals surface area contributed by atoms with Gasteiger partial charge in [-0.15, -0.1) is 0 Å². The fraction of sp³-hybridized carbons (Fsp3) is 0.333. The molecule has 29 heavy (non-hydrogen) atoms. The summed E-state index contributed by atoms with van der Waals surface area (Å²) in [6, 6.07) is 12.1. The van der Waals surface area contributed by atoms with E-state index in [-0.39, 0.29) is 31.6 Å². The minimum absolute atomic E-state index is 0.0943. The second-order valence-electron chi connectivity index (χ2n) is 6.13. The van der Waals surface area contributed by atoms with Gasteiger partial charge in [-0.05, 0) is 43.7 Å². The molecular weight excluding hydrogens is 415 g/mol. The van der Waals surface area contributed by atoms with Crippen molar-refractivity contribution in [2.45, 2.75) is 20.5 Å². The van der Waals surface area contributed by atoms with Crippen molar-refractivity contribution in [1.29, 1.82) is 0 Å². The third kappa shape index (κ3) is 7.24. The summed E-state index contributed by atoms with van der Waals surface area (Å²) in [5.41, 5.74) is 1.31. The topological polar surface area (TPSA) is 67.9 Å². The summed E-state index contributed by atoms with van der Waals surface area (Å²) in [5, 5.41) is 3.59. The van der Waals surface area contributed by atoms with Crippen molar-refractivity contribution in [1.82, 2.24) is 4.90 Å². The Bertz CT molecular complexity index is 841. The van der Waals surface area contributed by atoms with Crippen molar-refractivity contribution in [3.8, 4) is 5.75 Å². The number of halogens is 2. The number of hydrogen-bond donors (Lipinski definition) is 1. The molecule has 0 aliphatic heterocycles. The quantitative estimate of drug-likeness (QED) is 0.596. The van der Waals surface area contributed by atoms with Gasteiger partial charge >= 0.3 is 0 Å². The summed E-state index contributed by atoms with van der Waals surface area (Å²) in [4.78, 5) is 25.7. The molecular formula is C21H24Cl2N2O4. The van der Waals surface area contributed by atoms with Crippen LogP contribution in [0.4, 0.5) is 5.69 Å². The van der Waals surface area contributed by atoms with E-state index in [0.717, 1.165) is 5.56 Å². The van der Waals surface area contributed by atoms with Gasteiger partial charge in [-0.1, -0.05) is 41.4 Å². The Morgan fingerprint density at radius 1 is 1.00 bits per heavy atom. The van der Waals surface area contributed by atoms with E-state index in [0.29, 0.717) is 34.6 Å². The Kier molecular flexibility index (Phi) is 9.25. The molecule has 0 saturated carbocycles. The van der Waals surface area contributed by atoms with E-state index in [1.54, 1.807) is 29.2 Å². The van der Waals surface area contributed by atoms with Crippen LogP contribution in [0, 0.1) is 0 Å². The molecule has 0 spiro atoms. The molecule has 0 atom stereocenters. The van der Waals surface area contributed by atoms with Gasteiger partial charge in [-0.25, -0.2) is 0 Å². The summed E-state index contributed by atoms with van der Waals surface area (Å²) in [6.45, 7) is 5.07. The number of hydrogen-bond acceptors (Lipinski definition) is 4. The highest BCUT2D eigenvalue weighted by Crippen LogP contribution is 2.27. The Balaban J connectivity index is 1.82. The number of carbonyl (C=O) groups excluding carboxylic acids is 2. The maximum Gasteiger partial charge on any atom is 0.260 e. The van der Waals surface area contributed by atoms with Crippen LogP contribution in [0.3, 0.4) is 0 Å². The van der Waals surface area contributed by atoms with Gasteiger partial charge in [0.1, 0.15) is 12.4 Å². The zero-order valence-electron chi connectivity index (χ0n) is 16.4. The highest BCUT2D eigenvalue weighted by Gasteiger charge is 2.12. The first-order valence-electron chi connectivity index (χ1n) is 9.25. The van der Waals surface area contributed by atoms with E-state index >= 15 is 0 Å². The number of benzene rings is 2. The monoisotopic (exact) mass is 438 g/mol. The van der Waals surface area contributed by atoms with Crippen molar-refractivity contribution in [2.24, 2.45) is 0 Å². The number of amides is 2. The summed E-state index contributed by atoms with van der Waals surface area (Å²) in [6.07, 6.45) is 0. The van der Waals surface area contributed by atoms with Gasteiger partial charge in [-0.3, -0.25) is 9.59 Å². The number of nitrogens with one attached hydrogen (secondary N) is 1. The number of likely N-dealkylation sites (N-methyl/N-ethyl adjacent to an activating group) is 1. The molecule has 2 rings (SSSR count). The molecule has 8 heteroatoms. The average Bonchev–Trinajstić information content (AvgIpc) is 2.70. The van der Waals surface area contributed by atoms with Crippen LogP contribution in [0.25, 0.3) is 0 Å². The van der Waals surface area contributed by atoms with Gasteiger partial charge < -0.3 is 19.7 Å². The van der Waals surface area contributed by atoms with Crippen molar-refractivity contribution in [3.63, 3.8) is 0 Å². The maximum atomic E-state index is 12.0. The third-order valence-electron chi connectivity index (χ3n) is 4.13. The Morgan fingerprint density at radius 2 is 1.72 bits per heavy atom. The van der Waals surface area contributed by atoms with E-state index in [1.807, 2.05) is 32.0 Å². The molecule has 0 unspecified atom stereocenters. The minimum atomic E-state index is -0.321. The molecule has 6 nitrogen and oxygen atoms in total. The highest BCUT2D eigenvalue weighted by atomic mass is 35.5. The predicted octanol–water partition coefficient (Wildman–Crippen LogP) is 4.40. The van der Waals surface area contributed by atoms with E-state index in [4.69, 9.17) is 32.7 Å². The molecule has 0 bridgehead atoms. The van der Waals surface area contributed by atoms with E-state index in [1.165, 1.54) is 0 Å². The van der Waals surface area contributed by atoms with Crippen molar-refractivity contribution in [3.05, 3.63) is 58.1 Å². The Labute approximate surface area is 180 Å². The van der Waals surface area contributed by atoms with Crippen molar-refractivity contribution in [2.75, 3.05) is 31.6 Å². The average molecular weight is 439 g/mol. The smallest absolute Gasteiger partial charge is 0.260 e. The van der Waals surface area contributed by atoms with Gasteiger partial charge in [0, 0.05) is 23.8 Å². The number of rotatable bonds is 10. The van der Waals surface area contributed by atoms with E-state index in [9.17, 15) is 9.59 Å². The lowest BCUT2D eigenvalue weighted by Crippen LogP contribution is -2.34. The third-order valence-corrected chi connectivity index (χ3v) is 4.80. The maximum absolute atomic E-state index is 12.0. The normalized spacial score (nSPS) is 10.5. The number of nitrogens with zero attached hydrogens (tertiary/aromatic N) is 1. The second kappa shape index (κ2) is 11.7. The lowest BCUT2D eigenvalue weighted by atomic mass is 10.2. The first kappa shape index (κ1) is 23.0. The molecule has 156 valence electrons. The molecule has 0 aliphatic carbocycles. The van der Waals surface area contributed by atoms with Gasteiger partial charge in [0.2, 0.25) is 5.91 Å². The molecule has 0 aliphatic rings. The highest BCUT2D eigenvalue weighted by molar-refractivity contribution is 6.32. The van der Waals surface area contributed by atoms with Gasteiger partial charge in [-0.2, -0.15) is 0 Å². The number of carbonyl (C=O) groups is 2. The first-order chi connectivity index (χ1) is 13.9. The molecule has 0 heterocycles. The fourth-order valence-corrected chi connectivity index (χ4v) is 2.99. The van der Waals surface area contributed by atoms with Gasteiger partial charge in [0.25, 0.3) is 5.91 Å². The minimum Gasteiger partial charge on any atom is -0.482 e. The Hall–Kier alpha value is -2.28. The largest absolute Gasteiger partial charge is 0.482 e. The number of ether oxygens (including phenoxy) is 2. The molecule has 0 saturated heterocycles. The molecule has 2 aromatic rings. The summed E-state index contributed by atoms with van der Waals surface area (Å²) < 4.78 is 10.9. The summed E-state index contributed by atoms with van der Waals surface area (Å²) in [5.74, 6) is -0.0576. The van der Waals surface area contributed by atoms with Crippen LogP contribution in [0.15, 0.2) is 42.5 Å². The lowest BCUT2D eigenvalue weighted by Gasteiger charge is -2.19. The van der Waals surface area contributed by atoms with Crippen LogP contribution in [0.1, 0.15) is 19.4 Å². The van der Waals surface area contributed by atoms with E-state index in [2.05, 4.69) is 5.32 Å². The zero-order valence-corrected chi connectivity index (χ0v) is 17.9. The van der Waals surface area contributed by atoms with Crippen LogP contribution in [0.5, 0.6) is 5.75 Å². The first-order valence-corrected chi connectivity index (χ1v) is 10.0. The molecule has 0 radical (unpaired) electrons. The molecule has 2 amide bonds. The molecule has 1 N–H and O–H groups in total. The zero-order chi connectivity index (χ0) is 21.2. The van der Waals surface area contributed by atoms with Crippen LogP contribution in [-0.2, 0) is 20.9 Å². The van der Waals surface area contributed by atoms with Crippen LogP contribution in [-0.4, -0.2) is 43.0 Å². The molecule has 0 fully saturated rings. The summed E-state index contributed by atoms with van der Waals surface area (Å²) >= 11 is 12.2. The second-order valence-corrected chi connectivity index (χ2v) is 6.95. The van der Waals surface area contributed by atoms with Crippen molar-refractivity contribution >= 4 is 40.7 Å². The van der Waals surface area contributed by atoms with Gasteiger partial charge in [0.05, 0.1) is 11.6 Å². The van der Waals surface area contributed by atoms with E-state index < -0.39 is 0 Å².